The maximum atomic E-state index is 13.3. The molecule has 0 aliphatic carbocycles. The first-order valence-electron chi connectivity index (χ1n) is 19.6. The van der Waals surface area contributed by atoms with Gasteiger partial charge in [0.2, 0.25) is 11.8 Å². The number of rotatable bonds is 16. The van der Waals surface area contributed by atoms with Crippen LogP contribution in [0.15, 0.2) is 119 Å². The van der Waals surface area contributed by atoms with Crippen LogP contribution in [-0.4, -0.2) is 82.1 Å². The molecular formula is C46H44ClN7O6S3. The number of thiazole rings is 3. The van der Waals surface area contributed by atoms with Gasteiger partial charge in [-0.15, -0.1) is 34.0 Å². The number of carbonyl (C=O) groups is 4. The Kier molecular flexibility index (Phi) is 15.9. The van der Waals surface area contributed by atoms with Gasteiger partial charge in [0, 0.05) is 78.7 Å². The van der Waals surface area contributed by atoms with E-state index >= 15 is 0 Å². The number of amides is 2. The maximum Gasteiger partial charge on any atom is 0.304 e. The molecule has 0 spiro atoms. The Labute approximate surface area is 382 Å². The van der Waals surface area contributed by atoms with E-state index in [-0.39, 0.29) is 31.1 Å². The van der Waals surface area contributed by atoms with Gasteiger partial charge in [0.15, 0.2) is 10.3 Å². The first-order chi connectivity index (χ1) is 30.3. The summed E-state index contributed by atoms with van der Waals surface area (Å²) in [5, 5.41) is 25.7. The minimum Gasteiger partial charge on any atom is -0.481 e. The number of halogens is 1. The summed E-state index contributed by atoms with van der Waals surface area (Å²) in [4.78, 5) is 71.7. The third-order valence-electron chi connectivity index (χ3n) is 9.89. The predicted molar refractivity (Wildman–Crippen MR) is 252 cm³/mol. The van der Waals surface area contributed by atoms with Crippen LogP contribution in [0.4, 0.5) is 16.1 Å². The van der Waals surface area contributed by atoms with Gasteiger partial charge in [-0.2, -0.15) is 0 Å². The summed E-state index contributed by atoms with van der Waals surface area (Å²) in [7, 11) is 7.16. The molecule has 2 N–H and O–H groups in total. The standard InChI is InChI=1S/C28H28N4O3S.C18H16ClN3O3S2/c1-31(2)25-14-13-20(17-29-25)22-11-7-8-12-23(22)24-18-36-28(30-24)32(3)27(35)21(16-26(33)34)15-19-9-5-4-6-10-19;1-22(17(25)11(7-16(23)24)6-12-8-26-10-20-12)18-21-15(9-27-18)13-4-2-3-5-14(13)19/h4-14,17-18,21H,15-16H2,1-3H3,(H,33,34);2-5,8-11H,6-7H2,1H3,(H,23,24)/t21-;/m1./s1. The molecule has 0 aliphatic rings. The molecule has 0 saturated heterocycles. The highest BCUT2D eigenvalue weighted by atomic mass is 35.5. The first kappa shape index (κ1) is 46.2. The van der Waals surface area contributed by atoms with Crippen LogP contribution in [0.3, 0.4) is 0 Å². The lowest BCUT2D eigenvalue weighted by Gasteiger charge is -2.21. The number of carboxylic acids is 2. The molecule has 1 unspecified atom stereocenters. The minimum atomic E-state index is -1.02. The van der Waals surface area contributed by atoms with Crippen molar-refractivity contribution in [3.8, 4) is 33.6 Å². The van der Waals surface area contributed by atoms with Gasteiger partial charge in [0.05, 0.1) is 47.3 Å². The smallest absolute Gasteiger partial charge is 0.304 e. The topological polar surface area (TPSA) is 170 Å². The van der Waals surface area contributed by atoms with Crippen LogP contribution in [0.2, 0.25) is 5.02 Å². The van der Waals surface area contributed by atoms with Crippen molar-refractivity contribution in [2.75, 3.05) is 42.9 Å². The second kappa shape index (κ2) is 21.6. The minimum absolute atomic E-state index is 0.241. The van der Waals surface area contributed by atoms with Crippen LogP contribution >= 0.6 is 45.6 Å². The first-order valence-corrected chi connectivity index (χ1v) is 22.7. The zero-order valence-corrected chi connectivity index (χ0v) is 38.0. The highest BCUT2D eigenvalue weighted by Crippen LogP contribution is 2.36. The van der Waals surface area contributed by atoms with Gasteiger partial charge >= 0.3 is 11.9 Å². The van der Waals surface area contributed by atoms with Gasteiger partial charge in [-0.25, -0.2) is 19.9 Å². The fraction of sp³-hybridized carbons (Fsp3) is 0.217. The normalized spacial score (nSPS) is 11.8. The number of aliphatic carboxylic acids is 2. The van der Waals surface area contributed by atoms with Crippen molar-refractivity contribution in [1.29, 1.82) is 0 Å². The van der Waals surface area contributed by atoms with E-state index in [1.165, 1.54) is 43.8 Å². The summed E-state index contributed by atoms with van der Waals surface area (Å²) in [6.07, 6.45) is 1.98. The number of pyridine rings is 1. The Morgan fingerprint density at radius 1 is 0.635 bits per heavy atom. The summed E-state index contributed by atoms with van der Waals surface area (Å²) >= 11 is 10.3. The number of nitrogens with zero attached hydrogens (tertiary/aromatic N) is 7. The van der Waals surface area contributed by atoms with Crippen LogP contribution in [-0.2, 0) is 32.0 Å². The molecule has 4 aromatic heterocycles. The SMILES string of the molecule is CN(C(=O)C(CC(=O)O)Cc1cscn1)c1nc(-c2ccccc2Cl)cs1.CN(C)c1ccc(-c2ccccc2-c2csc(N(C)C(=O)[C@@H](CC(=O)O)Cc3ccccc3)n2)cn1. The number of anilines is 3. The summed E-state index contributed by atoms with van der Waals surface area (Å²) in [6, 6.07) is 28.8. The zero-order valence-electron chi connectivity index (χ0n) is 34.8. The molecule has 2 atom stereocenters. The molecule has 7 aromatic rings. The molecule has 324 valence electrons. The quantitative estimate of drug-likeness (QED) is 0.0947. The van der Waals surface area contributed by atoms with E-state index in [4.69, 9.17) is 16.6 Å². The maximum absolute atomic E-state index is 13.3. The number of hydrogen-bond donors (Lipinski definition) is 2. The highest BCUT2D eigenvalue weighted by molar-refractivity contribution is 7.14. The largest absolute Gasteiger partial charge is 0.481 e. The Morgan fingerprint density at radius 2 is 1.17 bits per heavy atom. The Bertz CT molecular complexity index is 2640. The lowest BCUT2D eigenvalue weighted by molar-refractivity contribution is -0.141. The predicted octanol–water partition coefficient (Wildman–Crippen LogP) is 9.45. The summed E-state index contributed by atoms with van der Waals surface area (Å²) < 4.78 is 0. The molecule has 4 heterocycles. The van der Waals surface area contributed by atoms with Crippen molar-refractivity contribution < 1.29 is 29.4 Å². The molecule has 17 heteroatoms. The van der Waals surface area contributed by atoms with Crippen LogP contribution in [0, 0.1) is 11.8 Å². The summed E-state index contributed by atoms with van der Waals surface area (Å²) in [5.74, 6) is -3.10. The van der Waals surface area contributed by atoms with Gasteiger partial charge in [-0.05, 0) is 35.7 Å². The molecule has 13 nitrogen and oxygen atoms in total. The van der Waals surface area contributed by atoms with Crippen molar-refractivity contribution in [2.45, 2.75) is 25.7 Å². The van der Waals surface area contributed by atoms with E-state index in [1.54, 1.807) is 25.7 Å². The molecule has 3 aromatic carbocycles. The van der Waals surface area contributed by atoms with E-state index in [1.807, 2.05) is 126 Å². The average Bonchev–Trinajstić information content (AvgIpc) is 4.09. The van der Waals surface area contributed by atoms with Crippen molar-refractivity contribution in [3.05, 3.63) is 135 Å². The van der Waals surface area contributed by atoms with Crippen molar-refractivity contribution in [3.63, 3.8) is 0 Å². The Morgan fingerprint density at radius 3 is 1.70 bits per heavy atom. The molecule has 2 amide bonds. The third-order valence-corrected chi connectivity index (χ3v) is 12.7. The molecule has 0 radical (unpaired) electrons. The van der Waals surface area contributed by atoms with Crippen LogP contribution in [0.25, 0.3) is 33.6 Å². The Hall–Kier alpha value is -6.33. The van der Waals surface area contributed by atoms with Gasteiger partial charge in [0.1, 0.15) is 5.82 Å². The van der Waals surface area contributed by atoms with Crippen LogP contribution in [0.1, 0.15) is 24.1 Å². The lowest BCUT2D eigenvalue weighted by atomic mass is 9.95. The van der Waals surface area contributed by atoms with Gasteiger partial charge in [-0.3, -0.25) is 29.0 Å². The highest BCUT2D eigenvalue weighted by Gasteiger charge is 2.29. The Balaban J connectivity index is 0.000000219. The number of hydrogen-bond acceptors (Lipinski definition) is 12. The van der Waals surface area contributed by atoms with E-state index in [2.05, 4.69) is 15.0 Å². The number of aromatic nitrogens is 4. The van der Waals surface area contributed by atoms with Crippen LogP contribution in [0.5, 0.6) is 0 Å². The number of benzene rings is 3. The molecule has 7 rings (SSSR count). The van der Waals surface area contributed by atoms with Gasteiger partial charge in [0.25, 0.3) is 0 Å². The van der Waals surface area contributed by atoms with Crippen LogP contribution < -0.4 is 14.7 Å². The van der Waals surface area contributed by atoms with Crippen molar-refractivity contribution in [2.24, 2.45) is 11.8 Å². The molecule has 63 heavy (non-hydrogen) atoms. The van der Waals surface area contributed by atoms with E-state index in [9.17, 15) is 29.4 Å². The second-order valence-corrected chi connectivity index (χ2v) is 17.4. The fourth-order valence-corrected chi connectivity index (χ4v) is 9.06. The summed E-state index contributed by atoms with van der Waals surface area (Å²) in [5.41, 5.74) is 8.41. The average molecular weight is 923 g/mol. The molecule has 0 fully saturated rings. The van der Waals surface area contributed by atoms with Gasteiger partial charge < -0.3 is 15.1 Å². The number of carboxylic acid groups (broad SMARTS) is 2. The van der Waals surface area contributed by atoms with E-state index < -0.39 is 23.8 Å². The molecule has 0 aliphatic heterocycles. The lowest BCUT2D eigenvalue weighted by Crippen LogP contribution is -2.35. The number of carbonyl (C=O) groups excluding carboxylic acids is 2. The van der Waals surface area contributed by atoms with E-state index in [0.717, 1.165) is 39.3 Å². The second-order valence-electron chi connectivity index (χ2n) is 14.6. The third kappa shape index (κ3) is 12.2. The molecule has 0 saturated carbocycles. The monoisotopic (exact) mass is 921 g/mol. The van der Waals surface area contributed by atoms with Gasteiger partial charge in [-0.1, -0.05) is 84.4 Å². The van der Waals surface area contributed by atoms with Crippen molar-refractivity contribution in [1.82, 2.24) is 19.9 Å². The van der Waals surface area contributed by atoms with E-state index in [0.29, 0.717) is 33.1 Å². The van der Waals surface area contributed by atoms with Crippen molar-refractivity contribution >= 4 is 85.4 Å². The summed E-state index contributed by atoms with van der Waals surface area (Å²) in [6.45, 7) is 0. The molecular weight excluding hydrogens is 878 g/mol. The molecule has 0 bridgehead atoms. The fourth-order valence-electron chi connectivity index (χ4n) is 6.66. The zero-order chi connectivity index (χ0) is 45.0.